The number of nitrogens with zero attached hydrogens (tertiary/aromatic N) is 4. The van der Waals surface area contributed by atoms with Crippen molar-refractivity contribution in [2.24, 2.45) is 7.05 Å². The Balaban J connectivity index is 2.16. The second-order valence-corrected chi connectivity index (χ2v) is 3.66. The molecular weight excluding hydrogens is 196 g/mol. The fourth-order valence-electron chi connectivity index (χ4n) is 1.59. The first-order chi connectivity index (χ1) is 7.25. The topological polar surface area (TPSA) is 65.2 Å². The molecule has 2 aromatic rings. The predicted molar refractivity (Wildman–Crippen MR) is 52.5 cm³/mol. The van der Waals surface area contributed by atoms with Gasteiger partial charge in [-0.05, 0) is 0 Å². The molecule has 0 amide bonds. The maximum atomic E-state index is 11.9. The number of rotatable bonds is 2. The standard InChI is InChI=1S/C9H10N4O2/c1-12-8-7(2-11-12)9(14)13(5-10-8)3-6-4-15-6/h2,5-6H,3-4H2,1H3. The van der Waals surface area contributed by atoms with Gasteiger partial charge in [-0.15, -0.1) is 0 Å². The van der Waals surface area contributed by atoms with Crippen LogP contribution in [0.3, 0.4) is 0 Å². The average molecular weight is 206 g/mol. The molecule has 0 bridgehead atoms. The number of fused-ring (bicyclic) bond motifs is 1. The van der Waals surface area contributed by atoms with Crippen molar-refractivity contribution in [3.8, 4) is 0 Å². The summed E-state index contributed by atoms with van der Waals surface area (Å²) in [5.74, 6) is 0. The summed E-state index contributed by atoms with van der Waals surface area (Å²) in [6, 6.07) is 0. The van der Waals surface area contributed by atoms with Crippen molar-refractivity contribution < 1.29 is 4.74 Å². The molecular formula is C9H10N4O2. The monoisotopic (exact) mass is 206 g/mol. The van der Waals surface area contributed by atoms with Crippen molar-refractivity contribution in [1.29, 1.82) is 0 Å². The molecule has 0 aliphatic carbocycles. The summed E-state index contributed by atoms with van der Waals surface area (Å²) in [4.78, 5) is 16.1. The molecule has 1 aliphatic rings. The normalized spacial score (nSPS) is 19.7. The Morgan fingerprint density at radius 3 is 3.20 bits per heavy atom. The van der Waals surface area contributed by atoms with Crippen LogP contribution in [0.2, 0.25) is 0 Å². The Morgan fingerprint density at radius 1 is 1.67 bits per heavy atom. The summed E-state index contributed by atoms with van der Waals surface area (Å²) in [5, 5.41) is 4.56. The quantitative estimate of drug-likeness (QED) is 0.623. The highest BCUT2D eigenvalue weighted by atomic mass is 16.6. The molecule has 0 N–H and O–H groups in total. The lowest BCUT2D eigenvalue weighted by molar-refractivity contribution is 0.380. The molecule has 3 rings (SSSR count). The molecule has 0 aromatic carbocycles. The number of ether oxygens (including phenoxy) is 1. The highest BCUT2D eigenvalue weighted by Crippen LogP contribution is 2.11. The molecule has 15 heavy (non-hydrogen) atoms. The first-order valence-electron chi connectivity index (χ1n) is 4.74. The van der Waals surface area contributed by atoms with Crippen LogP contribution >= 0.6 is 0 Å². The molecule has 6 nitrogen and oxygen atoms in total. The zero-order valence-corrected chi connectivity index (χ0v) is 8.25. The highest BCUT2D eigenvalue weighted by Gasteiger charge is 2.23. The third-order valence-corrected chi connectivity index (χ3v) is 2.52. The number of epoxide rings is 1. The largest absolute Gasteiger partial charge is 0.371 e. The van der Waals surface area contributed by atoms with Crippen LogP contribution in [0.25, 0.3) is 11.0 Å². The maximum absolute atomic E-state index is 11.9. The van der Waals surface area contributed by atoms with Gasteiger partial charge in [0.25, 0.3) is 5.56 Å². The maximum Gasteiger partial charge on any atom is 0.264 e. The molecule has 6 heteroatoms. The SMILES string of the molecule is Cn1ncc2c(=O)n(CC3CO3)cnc21. The van der Waals surface area contributed by atoms with Gasteiger partial charge in [-0.1, -0.05) is 0 Å². The minimum absolute atomic E-state index is 0.0522. The minimum Gasteiger partial charge on any atom is -0.371 e. The lowest BCUT2D eigenvalue weighted by Crippen LogP contribution is -2.22. The van der Waals surface area contributed by atoms with Gasteiger partial charge in [-0.25, -0.2) is 4.98 Å². The van der Waals surface area contributed by atoms with E-state index in [2.05, 4.69) is 10.1 Å². The van der Waals surface area contributed by atoms with E-state index in [0.29, 0.717) is 17.6 Å². The van der Waals surface area contributed by atoms with Crippen molar-refractivity contribution in [3.63, 3.8) is 0 Å². The lowest BCUT2D eigenvalue weighted by atomic mass is 10.4. The van der Waals surface area contributed by atoms with E-state index < -0.39 is 0 Å². The lowest BCUT2D eigenvalue weighted by Gasteiger charge is -2.01. The van der Waals surface area contributed by atoms with Gasteiger partial charge in [0.2, 0.25) is 0 Å². The van der Waals surface area contributed by atoms with Gasteiger partial charge in [0.05, 0.1) is 25.5 Å². The summed E-state index contributed by atoms with van der Waals surface area (Å²) in [6.07, 6.45) is 3.28. The fourth-order valence-corrected chi connectivity index (χ4v) is 1.59. The van der Waals surface area contributed by atoms with Crippen molar-refractivity contribution >= 4 is 11.0 Å². The summed E-state index contributed by atoms with van der Waals surface area (Å²) in [6.45, 7) is 1.31. The van der Waals surface area contributed by atoms with Crippen LogP contribution in [-0.2, 0) is 18.3 Å². The molecule has 78 valence electrons. The van der Waals surface area contributed by atoms with Crippen molar-refractivity contribution in [2.45, 2.75) is 12.6 Å². The first kappa shape index (κ1) is 8.60. The van der Waals surface area contributed by atoms with E-state index in [1.807, 2.05) is 0 Å². The van der Waals surface area contributed by atoms with E-state index >= 15 is 0 Å². The van der Waals surface area contributed by atoms with Crippen LogP contribution in [0.1, 0.15) is 0 Å². The van der Waals surface area contributed by atoms with Crippen molar-refractivity contribution in [1.82, 2.24) is 19.3 Å². The van der Waals surface area contributed by atoms with Crippen LogP contribution in [0.15, 0.2) is 17.3 Å². The zero-order valence-electron chi connectivity index (χ0n) is 8.25. The number of hydrogen-bond donors (Lipinski definition) is 0. The summed E-state index contributed by atoms with van der Waals surface area (Å²) in [7, 11) is 1.77. The Kier molecular flexibility index (Phi) is 1.66. The molecule has 0 saturated carbocycles. The Bertz CT molecular complexity index is 567. The number of aryl methyl sites for hydroxylation is 1. The molecule has 1 saturated heterocycles. The van der Waals surface area contributed by atoms with E-state index in [-0.39, 0.29) is 11.7 Å². The number of hydrogen-bond acceptors (Lipinski definition) is 4. The Morgan fingerprint density at radius 2 is 2.47 bits per heavy atom. The van der Waals surface area contributed by atoms with E-state index in [4.69, 9.17) is 4.74 Å². The molecule has 3 heterocycles. The van der Waals surface area contributed by atoms with Gasteiger partial charge >= 0.3 is 0 Å². The molecule has 0 spiro atoms. The van der Waals surface area contributed by atoms with Crippen LogP contribution in [0, 0.1) is 0 Å². The third-order valence-electron chi connectivity index (χ3n) is 2.52. The van der Waals surface area contributed by atoms with E-state index in [1.54, 1.807) is 28.8 Å². The van der Waals surface area contributed by atoms with Gasteiger partial charge in [0.15, 0.2) is 5.65 Å². The van der Waals surface area contributed by atoms with Crippen LogP contribution in [0.4, 0.5) is 0 Å². The molecule has 1 unspecified atom stereocenters. The Labute approximate surface area is 85.1 Å². The van der Waals surface area contributed by atoms with E-state index in [9.17, 15) is 4.79 Å². The van der Waals surface area contributed by atoms with Gasteiger partial charge in [-0.2, -0.15) is 5.10 Å². The van der Waals surface area contributed by atoms with Gasteiger partial charge in [0.1, 0.15) is 11.7 Å². The van der Waals surface area contributed by atoms with Crippen molar-refractivity contribution in [2.75, 3.05) is 6.61 Å². The number of aromatic nitrogens is 4. The zero-order chi connectivity index (χ0) is 10.4. The first-order valence-corrected chi connectivity index (χ1v) is 4.74. The second-order valence-electron chi connectivity index (χ2n) is 3.66. The molecule has 2 aromatic heterocycles. The fraction of sp³-hybridized carbons (Fsp3) is 0.444. The second kappa shape index (κ2) is 2.90. The van der Waals surface area contributed by atoms with Gasteiger partial charge in [-0.3, -0.25) is 14.0 Å². The molecule has 1 aliphatic heterocycles. The van der Waals surface area contributed by atoms with E-state index in [0.717, 1.165) is 6.61 Å². The minimum atomic E-state index is -0.0522. The molecule has 1 atom stereocenters. The predicted octanol–water partition coefficient (Wildman–Crippen LogP) is -0.471. The highest BCUT2D eigenvalue weighted by molar-refractivity contribution is 5.72. The van der Waals surface area contributed by atoms with Crippen molar-refractivity contribution in [3.05, 3.63) is 22.9 Å². The van der Waals surface area contributed by atoms with Crippen LogP contribution in [-0.4, -0.2) is 32.0 Å². The summed E-state index contributed by atoms with van der Waals surface area (Å²) in [5.41, 5.74) is 0.566. The van der Waals surface area contributed by atoms with Gasteiger partial charge in [0, 0.05) is 7.05 Å². The summed E-state index contributed by atoms with van der Waals surface area (Å²) >= 11 is 0. The van der Waals surface area contributed by atoms with E-state index in [1.165, 1.54) is 0 Å². The molecule has 1 fully saturated rings. The summed E-state index contributed by atoms with van der Waals surface area (Å²) < 4.78 is 8.24. The average Bonchev–Trinajstić information content (AvgIpc) is 2.95. The van der Waals surface area contributed by atoms with Crippen LogP contribution < -0.4 is 5.56 Å². The third kappa shape index (κ3) is 1.33. The Hall–Kier alpha value is -1.69. The smallest absolute Gasteiger partial charge is 0.264 e. The molecule has 0 radical (unpaired) electrons. The van der Waals surface area contributed by atoms with Gasteiger partial charge < -0.3 is 4.74 Å². The van der Waals surface area contributed by atoms with Crippen LogP contribution in [0.5, 0.6) is 0 Å².